The molecule has 22 heavy (non-hydrogen) atoms. The molecule has 1 aliphatic rings. The first-order valence-electron chi connectivity index (χ1n) is 7.50. The predicted molar refractivity (Wildman–Crippen MR) is 85.4 cm³/mol. The maximum atomic E-state index is 12.3. The summed E-state index contributed by atoms with van der Waals surface area (Å²) in [5.41, 5.74) is 0.748. The van der Waals surface area contributed by atoms with Crippen LogP contribution in [0.2, 0.25) is 0 Å². The number of nitrogens with one attached hydrogen (secondary N) is 1. The zero-order valence-corrected chi connectivity index (χ0v) is 13.3. The molecule has 0 aliphatic carbocycles. The Morgan fingerprint density at radius 2 is 2.36 bits per heavy atom. The Labute approximate surface area is 133 Å². The molecule has 116 valence electrons. The Bertz CT molecular complexity index is 630. The number of amides is 1. The zero-order chi connectivity index (χ0) is 15.4. The van der Waals surface area contributed by atoms with Gasteiger partial charge in [0.25, 0.3) is 0 Å². The average Bonchev–Trinajstić information content (AvgIpc) is 3.03. The highest BCUT2D eigenvalue weighted by Crippen LogP contribution is 2.21. The third kappa shape index (κ3) is 3.47. The molecule has 0 radical (unpaired) electrons. The van der Waals surface area contributed by atoms with Gasteiger partial charge in [-0.15, -0.1) is 5.10 Å². The van der Waals surface area contributed by atoms with Crippen LogP contribution in [0.1, 0.15) is 26.2 Å². The fourth-order valence-electron chi connectivity index (χ4n) is 2.61. The molecule has 1 amide bonds. The molecule has 0 saturated carbocycles. The van der Waals surface area contributed by atoms with E-state index in [0.29, 0.717) is 22.8 Å². The summed E-state index contributed by atoms with van der Waals surface area (Å²) in [6.07, 6.45) is 5.13. The maximum Gasteiger partial charge on any atom is 0.233 e. The van der Waals surface area contributed by atoms with Gasteiger partial charge in [-0.3, -0.25) is 14.9 Å². The summed E-state index contributed by atoms with van der Waals surface area (Å²) in [5, 5.41) is 7.59. The van der Waals surface area contributed by atoms with Gasteiger partial charge in [0.05, 0.1) is 5.75 Å². The van der Waals surface area contributed by atoms with E-state index in [1.165, 1.54) is 18.2 Å². The minimum absolute atomic E-state index is 0.168. The Kier molecular flexibility index (Phi) is 4.72. The predicted octanol–water partition coefficient (Wildman–Crippen LogP) is 2.36. The summed E-state index contributed by atoms with van der Waals surface area (Å²) in [6.45, 7) is 2.99. The van der Waals surface area contributed by atoms with E-state index in [4.69, 9.17) is 0 Å². The minimum atomic E-state index is 0.168. The number of nitrogens with zero attached hydrogens (tertiary/aromatic N) is 4. The van der Waals surface area contributed by atoms with Crippen molar-refractivity contribution in [2.45, 2.75) is 37.4 Å². The highest BCUT2D eigenvalue weighted by Gasteiger charge is 2.23. The summed E-state index contributed by atoms with van der Waals surface area (Å²) in [7, 11) is 0. The number of rotatable bonds is 4. The van der Waals surface area contributed by atoms with Crippen molar-refractivity contribution in [3.8, 4) is 11.5 Å². The molecule has 1 atom stereocenters. The second kappa shape index (κ2) is 6.91. The van der Waals surface area contributed by atoms with E-state index >= 15 is 0 Å². The molecule has 1 aliphatic heterocycles. The van der Waals surface area contributed by atoms with Gasteiger partial charge in [-0.05, 0) is 38.3 Å². The lowest BCUT2D eigenvalue weighted by Crippen LogP contribution is -2.42. The Morgan fingerprint density at radius 1 is 1.45 bits per heavy atom. The Hall–Kier alpha value is -1.89. The van der Waals surface area contributed by atoms with Crippen molar-refractivity contribution >= 4 is 17.7 Å². The number of aromatic amines is 1. The molecular weight excluding hydrogens is 298 g/mol. The molecule has 0 unspecified atom stereocenters. The number of piperidine rings is 1. The molecule has 0 aromatic carbocycles. The van der Waals surface area contributed by atoms with Crippen molar-refractivity contribution in [3.05, 3.63) is 24.4 Å². The molecule has 6 nitrogen and oxygen atoms in total. The lowest BCUT2D eigenvalue weighted by molar-refractivity contribution is -0.131. The van der Waals surface area contributed by atoms with Crippen LogP contribution >= 0.6 is 11.8 Å². The molecule has 2 aromatic heterocycles. The average molecular weight is 317 g/mol. The monoisotopic (exact) mass is 317 g/mol. The van der Waals surface area contributed by atoms with Crippen LogP contribution in [-0.4, -0.2) is 49.3 Å². The second-order valence-electron chi connectivity index (χ2n) is 5.40. The number of thioether (sulfide) groups is 1. The van der Waals surface area contributed by atoms with E-state index in [1.54, 1.807) is 6.20 Å². The molecule has 1 N–H and O–H groups in total. The van der Waals surface area contributed by atoms with Crippen molar-refractivity contribution in [1.82, 2.24) is 25.1 Å². The fraction of sp³-hybridized carbons (Fsp3) is 0.467. The molecule has 1 fully saturated rings. The number of hydrogen-bond acceptors (Lipinski definition) is 5. The fourth-order valence-corrected chi connectivity index (χ4v) is 3.29. The van der Waals surface area contributed by atoms with Crippen LogP contribution in [0.4, 0.5) is 0 Å². The van der Waals surface area contributed by atoms with Crippen LogP contribution in [0.5, 0.6) is 0 Å². The highest BCUT2D eigenvalue weighted by atomic mass is 32.2. The number of likely N-dealkylation sites (tertiary alicyclic amines) is 1. The molecule has 1 saturated heterocycles. The van der Waals surface area contributed by atoms with Gasteiger partial charge in [0.15, 0.2) is 5.82 Å². The van der Waals surface area contributed by atoms with Crippen LogP contribution in [0.25, 0.3) is 11.5 Å². The molecule has 0 bridgehead atoms. The van der Waals surface area contributed by atoms with Crippen molar-refractivity contribution < 1.29 is 4.79 Å². The van der Waals surface area contributed by atoms with Crippen LogP contribution in [0.15, 0.2) is 29.6 Å². The summed E-state index contributed by atoms with van der Waals surface area (Å²) >= 11 is 1.37. The van der Waals surface area contributed by atoms with Crippen molar-refractivity contribution in [3.63, 3.8) is 0 Å². The van der Waals surface area contributed by atoms with Crippen molar-refractivity contribution in [2.75, 3.05) is 12.3 Å². The largest absolute Gasteiger partial charge is 0.339 e. The van der Waals surface area contributed by atoms with Gasteiger partial charge in [0.2, 0.25) is 11.1 Å². The first kappa shape index (κ1) is 15.0. The van der Waals surface area contributed by atoms with Crippen LogP contribution in [0.3, 0.4) is 0 Å². The highest BCUT2D eigenvalue weighted by molar-refractivity contribution is 7.99. The van der Waals surface area contributed by atoms with Crippen LogP contribution in [-0.2, 0) is 4.79 Å². The maximum absolute atomic E-state index is 12.3. The molecule has 7 heteroatoms. The lowest BCUT2D eigenvalue weighted by atomic mass is 10.0. The van der Waals surface area contributed by atoms with E-state index in [0.717, 1.165) is 25.1 Å². The van der Waals surface area contributed by atoms with Gasteiger partial charge < -0.3 is 4.90 Å². The van der Waals surface area contributed by atoms with E-state index in [9.17, 15) is 4.79 Å². The van der Waals surface area contributed by atoms with E-state index in [-0.39, 0.29) is 5.91 Å². The van der Waals surface area contributed by atoms with E-state index < -0.39 is 0 Å². The second-order valence-corrected chi connectivity index (χ2v) is 6.34. The minimum Gasteiger partial charge on any atom is -0.339 e. The van der Waals surface area contributed by atoms with Gasteiger partial charge in [-0.2, -0.15) is 4.98 Å². The van der Waals surface area contributed by atoms with Crippen molar-refractivity contribution in [2.24, 2.45) is 0 Å². The number of carbonyl (C=O) groups is 1. The number of hydrogen-bond donors (Lipinski definition) is 1. The quantitative estimate of drug-likeness (QED) is 0.876. The van der Waals surface area contributed by atoms with Gasteiger partial charge >= 0.3 is 0 Å². The SMILES string of the molecule is C[C@@H]1CCCCN1C(=O)CSc1n[nH]c(-c2ccccn2)n1. The first-order valence-corrected chi connectivity index (χ1v) is 8.48. The van der Waals surface area contributed by atoms with Gasteiger partial charge in [-0.25, -0.2) is 0 Å². The summed E-state index contributed by atoms with van der Waals surface area (Å²) in [6, 6.07) is 5.97. The summed E-state index contributed by atoms with van der Waals surface area (Å²) in [5.74, 6) is 1.17. The third-order valence-corrected chi connectivity index (χ3v) is 4.65. The zero-order valence-electron chi connectivity index (χ0n) is 12.5. The Morgan fingerprint density at radius 3 is 3.14 bits per heavy atom. The smallest absolute Gasteiger partial charge is 0.233 e. The number of carbonyl (C=O) groups excluding carboxylic acids is 1. The van der Waals surface area contributed by atoms with Crippen molar-refractivity contribution in [1.29, 1.82) is 0 Å². The third-order valence-electron chi connectivity index (χ3n) is 3.82. The van der Waals surface area contributed by atoms with E-state index in [2.05, 4.69) is 27.1 Å². The topological polar surface area (TPSA) is 74.8 Å². The van der Waals surface area contributed by atoms with Crippen LogP contribution < -0.4 is 0 Å². The standard InChI is InChI=1S/C15H19N5OS/c1-11-6-3-5-9-20(11)13(21)10-22-15-17-14(18-19-15)12-7-2-4-8-16-12/h2,4,7-8,11H,3,5-6,9-10H2,1H3,(H,17,18,19)/t11-/m1/s1. The van der Waals surface area contributed by atoms with Gasteiger partial charge in [0.1, 0.15) is 5.69 Å². The van der Waals surface area contributed by atoms with Gasteiger partial charge in [0, 0.05) is 18.8 Å². The van der Waals surface area contributed by atoms with Gasteiger partial charge in [-0.1, -0.05) is 17.8 Å². The molecule has 3 rings (SSSR count). The number of pyridine rings is 1. The summed E-state index contributed by atoms with van der Waals surface area (Å²) in [4.78, 5) is 22.9. The number of H-pyrrole nitrogens is 1. The molecule has 0 spiro atoms. The molecule has 2 aromatic rings. The lowest BCUT2D eigenvalue weighted by Gasteiger charge is -2.33. The molecular formula is C15H19N5OS. The van der Waals surface area contributed by atoms with Crippen LogP contribution in [0, 0.1) is 0 Å². The summed E-state index contributed by atoms with van der Waals surface area (Å²) < 4.78 is 0. The van der Waals surface area contributed by atoms with E-state index in [1.807, 2.05) is 23.1 Å². The Balaban J connectivity index is 1.58. The first-order chi connectivity index (χ1) is 10.7. The number of aromatic nitrogens is 4. The normalized spacial score (nSPS) is 18.4. The molecule has 3 heterocycles.